The highest BCUT2D eigenvalue weighted by Gasteiger charge is 2.16. The molecular weight excluding hydrogens is 380 g/mol. The van der Waals surface area contributed by atoms with Gasteiger partial charge in [0.25, 0.3) is 11.5 Å². The maximum absolute atomic E-state index is 12.9. The van der Waals surface area contributed by atoms with Gasteiger partial charge in [-0.3, -0.25) is 9.59 Å². The summed E-state index contributed by atoms with van der Waals surface area (Å²) in [6.45, 7) is 0.247. The Morgan fingerprint density at radius 1 is 1.00 bits per heavy atom. The molecule has 0 spiro atoms. The highest BCUT2D eigenvalue weighted by Crippen LogP contribution is 2.14. The number of benzene rings is 3. The van der Waals surface area contributed by atoms with Crippen LogP contribution in [0.25, 0.3) is 10.8 Å². The Morgan fingerprint density at radius 3 is 2.50 bits per heavy atom. The Kier molecular flexibility index (Phi) is 5.34. The van der Waals surface area contributed by atoms with Gasteiger partial charge in [0.05, 0.1) is 18.1 Å². The molecule has 4 rings (SSSR count). The zero-order valence-electron chi connectivity index (χ0n) is 15.9. The number of aromatic hydroxyl groups is 1. The average Bonchev–Trinajstić information content (AvgIpc) is 2.76. The quantitative estimate of drug-likeness (QED) is 0.399. The number of aromatic nitrogens is 2. The third kappa shape index (κ3) is 4.10. The number of phenols is 1. The van der Waals surface area contributed by atoms with Crippen LogP contribution >= 0.6 is 0 Å². The molecule has 0 unspecified atom stereocenters. The van der Waals surface area contributed by atoms with Gasteiger partial charge in [0.1, 0.15) is 5.75 Å². The van der Waals surface area contributed by atoms with E-state index in [-0.39, 0.29) is 23.5 Å². The van der Waals surface area contributed by atoms with Crippen LogP contribution in [0.15, 0.2) is 88.8 Å². The first-order chi connectivity index (χ1) is 14.6. The van der Waals surface area contributed by atoms with Crippen molar-refractivity contribution in [2.24, 2.45) is 5.10 Å². The predicted molar refractivity (Wildman–Crippen MR) is 115 cm³/mol. The van der Waals surface area contributed by atoms with Crippen LogP contribution in [0, 0.1) is 0 Å². The summed E-state index contributed by atoms with van der Waals surface area (Å²) in [5.74, 6) is -0.435. The van der Waals surface area contributed by atoms with Gasteiger partial charge in [0, 0.05) is 5.39 Å². The highest BCUT2D eigenvalue weighted by molar-refractivity contribution is 6.05. The minimum absolute atomic E-state index is 0.103. The second-order valence-electron chi connectivity index (χ2n) is 6.64. The molecule has 0 fully saturated rings. The van der Waals surface area contributed by atoms with Gasteiger partial charge in [0.2, 0.25) is 0 Å². The number of rotatable bonds is 5. The van der Waals surface area contributed by atoms with Crippen LogP contribution in [0.5, 0.6) is 5.75 Å². The van der Waals surface area contributed by atoms with Crippen molar-refractivity contribution in [1.29, 1.82) is 0 Å². The molecule has 1 aromatic heterocycles. The molecule has 4 aromatic rings. The summed E-state index contributed by atoms with van der Waals surface area (Å²) in [5, 5.41) is 18.6. The van der Waals surface area contributed by atoms with E-state index in [4.69, 9.17) is 0 Å². The Morgan fingerprint density at radius 2 is 1.73 bits per heavy atom. The number of hydrogen-bond donors (Lipinski definition) is 2. The van der Waals surface area contributed by atoms with Gasteiger partial charge in [0.15, 0.2) is 5.69 Å². The van der Waals surface area contributed by atoms with E-state index >= 15 is 0 Å². The lowest BCUT2D eigenvalue weighted by Crippen LogP contribution is -2.29. The number of carbonyl (C=O) groups is 1. The molecular formula is C23H18N4O3. The second kappa shape index (κ2) is 8.40. The summed E-state index contributed by atoms with van der Waals surface area (Å²) < 4.78 is 1.28. The molecule has 0 aliphatic rings. The van der Waals surface area contributed by atoms with Crippen molar-refractivity contribution in [3.8, 4) is 5.75 Å². The fourth-order valence-corrected chi connectivity index (χ4v) is 3.09. The summed E-state index contributed by atoms with van der Waals surface area (Å²) >= 11 is 0. The molecule has 0 bridgehead atoms. The number of nitrogens with one attached hydrogen (secondary N) is 1. The minimum atomic E-state index is -0.538. The van der Waals surface area contributed by atoms with Crippen molar-refractivity contribution in [3.05, 3.63) is 106 Å². The number of carbonyl (C=O) groups excluding carboxylic acids is 1. The number of fused-ring (bicyclic) bond motifs is 1. The normalized spacial score (nSPS) is 11.1. The van der Waals surface area contributed by atoms with E-state index in [2.05, 4.69) is 15.6 Å². The van der Waals surface area contributed by atoms with E-state index in [1.807, 2.05) is 30.3 Å². The first kappa shape index (κ1) is 19.1. The average molecular weight is 398 g/mol. The van der Waals surface area contributed by atoms with Gasteiger partial charge < -0.3 is 5.11 Å². The fraction of sp³-hybridized carbons (Fsp3) is 0.0435. The standard InChI is InChI=1S/C23H18N4O3/c28-18-10-6-9-17(13-18)14-24-25-22(29)21-19-11-4-5-12-20(19)23(30)27(26-21)15-16-7-2-1-3-8-16/h1-14,28H,15H2,(H,25,29)/b24-14+. The molecule has 148 valence electrons. The van der Waals surface area contributed by atoms with E-state index in [9.17, 15) is 14.7 Å². The lowest BCUT2D eigenvalue weighted by atomic mass is 10.1. The van der Waals surface area contributed by atoms with Gasteiger partial charge in [-0.25, -0.2) is 10.1 Å². The largest absolute Gasteiger partial charge is 0.508 e. The summed E-state index contributed by atoms with van der Waals surface area (Å²) in [6.07, 6.45) is 1.42. The van der Waals surface area contributed by atoms with Gasteiger partial charge in [-0.1, -0.05) is 60.7 Å². The van der Waals surface area contributed by atoms with Crippen molar-refractivity contribution in [1.82, 2.24) is 15.2 Å². The van der Waals surface area contributed by atoms with Gasteiger partial charge >= 0.3 is 0 Å². The van der Waals surface area contributed by atoms with E-state index < -0.39 is 5.91 Å². The van der Waals surface area contributed by atoms with Crippen LogP contribution in [0.3, 0.4) is 0 Å². The summed E-state index contributed by atoms with van der Waals surface area (Å²) in [6, 6.07) is 22.8. The summed E-state index contributed by atoms with van der Waals surface area (Å²) in [7, 11) is 0. The van der Waals surface area contributed by atoms with Gasteiger partial charge in [-0.05, 0) is 29.3 Å². The van der Waals surface area contributed by atoms with Crippen LogP contribution in [-0.4, -0.2) is 27.0 Å². The Balaban J connectivity index is 1.67. The molecule has 0 saturated carbocycles. The van der Waals surface area contributed by atoms with Crippen molar-refractivity contribution in [2.45, 2.75) is 6.54 Å². The third-order valence-electron chi connectivity index (χ3n) is 4.51. The molecule has 1 amide bonds. The molecule has 30 heavy (non-hydrogen) atoms. The van der Waals surface area contributed by atoms with Crippen LogP contribution in [0.4, 0.5) is 0 Å². The zero-order valence-corrected chi connectivity index (χ0v) is 15.9. The number of hydrogen-bond acceptors (Lipinski definition) is 5. The molecule has 0 saturated heterocycles. The molecule has 1 heterocycles. The Hall–Kier alpha value is -4.26. The van der Waals surface area contributed by atoms with Crippen LogP contribution in [0.2, 0.25) is 0 Å². The van der Waals surface area contributed by atoms with Crippen LogP contribution in [-0.2, 0) is 6.54 Å². The monoisotopic (exact) mass is 398 g/mol. The Bertz CT molecular complexity index is 1300. The number of nitrogens with zero attached hydrogens (tertiary/aromatic N) is 3. The first-order valence-electron chi connectivity index (χ1n) is 9.28. The number of hydrazone groups is 1. The lowest BCUT2D eigenvalue weighted by molar-refractivity contribution is 0.0949. The van der Waals surface area contributed by atoms with E-state index in [1.54, 1.807) is 42.5 Å². The van der Waals surface area contributed by atoms with Crippen molar-refractivity contribution in [2.75, 3.05) is 0 Å². The summed E-state index contributed by atoms with van der Waals surface area (Å²) in [5.41, 5.74) is 3.80. The number of amides is 1. The molecule has 0 aliphatic carbocycles. The van der Waals surface area contributed by atoms with E-state index in [0.29, 0.717) is 16.3 Å². The predicted octanol–water partition coefficient (Wildman–Crippen LogP) is 2.91. The molecule has 0 aliphatic heterocycles. The topological polar surface area (TPSA) is 96.6 Å². The molecule has 7 heteroatoms. The van der Waals surface area contributed by atoms with Gasteiger partial charge in [-0.15, -0.1) is 0 Å². The van der Waals surface area contributed by atoms with Crippen molar-refractivity contribution >= 4 is 22.9 Å². The molecule has 7 nitrogen and oxygen atoms in total. The zero-order chi connectivity index (χ0) is 20.9. The van der Waals surface area contributed by atoms with Crippen LogP contribution in [0.1, 0.15) is 21.6 Å². The van der Waals surface area contributed by atoms with Crippen molar-refractivity contribution in [3.63, 3.8) is 0 Å². The van der Waals surface area contributed by atoms with Gasteiger partial charge in [-0.2, -0.15) is 10.2 Å². The first-order valence-corrected chi connectivity index (χ1v) is 9.28. The fourth-order valence-electron chi connectivity index (χ4n) is 3.09. The highest BCUT2D eigenvalue weighted by atomic mass is 16.3. The smallest absolute Gasteiger partial charge is 0.292 e. The molecule has 0 radical (unpaired) electrons. The molecule has 2 N–H and O–H groups in total. The molecule has 0 atom stereocenters. The van der Waals surface area contributed by atoms with Crippen LogP contribution < -0.4 is 11.0 Å². The number of phenolic OH excluding ortho intramolecular Hbond substituents is 1. The summed E-state index contributed by atoms with van der Waals surface area (Å²) in [4.78, 5) is 25.6. The molecule has 3 aromatic carbocycles. The van der Waals surface area contributed by atoms with Crippen molar-refractivity contribution < 1.29 is 9.90 Å². The maximum atomic E-state index is 12.9. The Labute approximate surface area is 171 Å². The third-order valence-corrected chi connectivity index (χ3v) is 4.51. The van der Waals surface area contributed by atoms with E-state index in [1.165, 1.54) is 17.0 Å². The SMILES string of the molecule is O=C(N/N=C/c1cccc(O)c1)c1nn(Cc2ccccc2)c(=O)c2ccccc12. The second-order valence-corrected chi connectivity index (χ2v) is 6.64. The minimum Gasteiger partial charge on any atom is -0.508 e. The lowest BCUT2D eigenvalue weighted by Gasteiger charge is -2.10. The van der Waals surface area contributed by atoms with E-state index in [0.717, 1.165) is 5.56 Å². The maximum Gasteiger partial charge on any atom is 0.292 e.